The molecular formula is C68H42N2O4S12. The lowest BCUT2D eigenvalue weighted by Crippen LogP contribution is -2.47. The van der Waals surface area contributed by atoms with E-state index in [-0.39, 0.29) is 0 Å². The van der Waals surface area contributed by atoms with Gasteiger partial charge in [-0.1, -0.05) is 12.1 Å². The van der Waals surface area contributed by atoms with Crippen LogP contribution in [0.3, 0.4) is 0 Å². The molecule has 420 valence electrons. The molecule has 0 spiro atoms. The van der Waals surface area contributed by atoms with Crippen molar-refractivity contribution in [2.75, 3.05) is 0 Å². The molecule has 14 aromatic rings. The van der Waals surface area contributed by atoms with Crippen molar-refractivity contribution in [1.29, 1.82) is 0 Å². The summed E-state index contributed by atoms with van der Waals surface area (Å²) in [6.45, 7) is 7.39. The Bertz CT molecular complexity index is 4710. The molecule has 4 amide bonds. The molecule has 86 heavy (non-hydrogen) atoms. The van der Waals surface area contributed by atoms with Crippen LogP contribution in [0.15, 0.2) is 168 Å². The van der Waals surface area contributed by atoms with E-state index in [9.17, 15) is 9.59 Å². The van der Waals surface area contributed by atoms with Crippen LogP contribution in [0.4, 0.5) is 0 Å². The van der Waals surface area contributed by atoms with Crippen molar-refractivity contribution in [3.05, 3.63) is 191 Å². The number of carbonyl (C=O) groups excluding carboxylic acids is 4. The molecule has 0 N–H and O–H groups in total. The zero-order valence-electron chi connectivity index (χ0n) is 45.7. The van der Waals surface area contributed by atoms with Crippen LogP contribution in [0.2, 0.25) is 0 Å². The summed E-state index contributed by atoms with van der Waals surface area (Å²) >= 11 is 21.0. The van der Waals surface area contributed by atoms with Crippen LogP contribution in [0.5, 0.6) is 0 Å². The van der Waals surface area contributed by atoms with Crippen LogP contribution < -0.4 is 0 Å². The highest BCUT2D eigenvalue weighted by Crippen LogP contribution is 2.53. The molecule has 0 radical (unpaired) electrons. The highest BCUT2D eigenvalue weighted by molar-refractivity contribution is 7.32. The summed E-state index contributed by atoms with van der Waals surface area (Å²) in [5.41, 5.74) is 2.44. The summed E-state index contributed by atoms with van der Waals surface area (Å²) < 4.78 is 0. The molecule has 2 aliphatic rings. The minimum absolute atomic E-state index is 0.311. The predicted molar refractivity (Wildman–Crippen MR) is 375 cm³/mol. The fourth-order valence-electron chi connectivity index (χ4n) is 11.3. The van der Waals surface area contributed by atoms with Gasteiger partial charge < -0.3 is 0 Å². The number of hydrogen-bond donors (Lipinski definition) is 0. The van der Waals surface area contributed by atoms with Gasteiger partial charge in [-0.25, -0.2) is 0 Å². The monoisotopic (exact) mass is 1330 g/mol. The van der Waals surface area contributed by atoms with Gasteiger partial charge in [-0.05, 0) is 184 Å². The standard InChI is InChI=1S/C68H42N2O4S12/c1-33(2)69-65(71)37-31-36(40-10-12-46(78-40)48-18-20-54(82-48)56-26-28-60(86-56)58-24-22-52(84-58)50-16-14-44(80-50)42-8-6-30-76-42)64-62-38(66(72)70(34(3)4)68(64)74)32-35(63(61(37)62)67(69)73)39-9-11-45(77-39)47-17-19-53(81-47)55-25-27-59(85-55)57-23-21-51(83-57)49-15-13-43(79-49)41-7-5-29-75-41/h5-34H,1-4H3. The van der Waals surface area contributed by atoms with Crippen LogP contribution in [-0.4, -0.2) is 45.5 Å². The van der Waals surface area contributed by atoms with Crippen LogP contribution >= 0.6 is 136 Å². The summed E-state index contributed by atoms with van der Waals surface area (Å²) in [7, 11) is 0. The Labute approximate surface area is 542 Å². The van der Waals surface area contributed by atoms with Gasteiger partial charge in [0.2, 0.25) is 0 Å². The van der Waals surface area contributed by atoms with E-state index in [1.807, 2.05) is 97.3 Å². The van der Waals surface area contributed by atoms with E-state index in [0.717, 1.165) is 39.0 Å². The zero-order chi connectivity index (χ0) is 58.2. The zero-order valence-corrected chi connectivity index (χ0v) is 55.5. The fourth-order valence-corrected chi connectivity index (χ4v) is 23.8. The Morgan fingerprint density at radius 3 is 0.674 bits per heavy atom. The molecule has 18 heteroatoms. The summed E-state index contributed by atoms with van der Waals surface area (Å²) in [6, 6.07) is 54.8. The number of thiophene rings is 12. The smallest absolute Gasteiger partial charge is 0.262 e. The van der Waals surface area contributed by atoms with Gasteiger partial charge in [0.05, 0.1) is 11.1 Å². The van der Waals surface area contributed by atoms with E-state index < -0.39 is 35.7 Å². The van der Waals surface area contributed by atoms with Gasteiger partial charge in [0, 0.05) is 152 Å². The summed E-state index contributed by atoms with van der Waals surface area (Å²) in [5, 5.41) is 4.99. The molecule has 0 bridgehead atoms. The summed E-state index contributed by atoms with van der Waals surface area (Å²) in [5.74, 6) is -1.75. The number of amides is 4. The number of nitrogens with zero attached hydrogens (tertiary/aromatic N) is 2. The molecule has 0 fully saturated rings. The molecule has 14 heterocycles. The Hall–Kier alpha value is -6.62. The van der Waals surface area contributed by atoms with E-state index in [4.69, 9.17) is 0 Å². The number of imide groups is 2. The van der Waals surface area contributed by atoms with Gasteiger partial charge in [-0.15, -0.1) is 136 Å². The maximum Gasteiger partial charge on any atom is 0.262 e. The van der Waals surface area contributed by atoms with E-state index in [1.54, 1.807) is 90.7 Å². The Kier molecular flexibility index (Phi) is 13.8. The lowest BCUT2D eigenvalue weighted by molar-refractivity contribution is 0.0542. The normalized spacial score (nSPS) is 13.4. The van der Waals surface area contributed by atoms with Crippen molar-refractivity contribution in [3.8, 4) is 118 Å². The topological polar surface area (TPSA) is 74.8 Å². The highest BCUT2D eigenvalue weighted by Gasteiger charge is 2.44. The van der Waals surface area contributed by atoms with Gasteiger partial charge in [-0.2, -0.15) is 0 Å². The Morgan fingerprint density at radius 2 is 0.465 bits per heavy atom. The molecular weight excluding hydrogens is 1290 g/mol. The van der Waals surface area contributed by atoms with Crippen LogP contribution in [0.1, 0.15) is 69.1 Å². The second-order valence-corrected chi connectivity index (χ2v) is 33.9. The average molecular weight is 1340 g/mol. The van der Waals surface area contributed by atoms with E-state index in [1.165, 1.54) is 78.1 Å². The molecule has 0 aliphatic carbocycles. The average Bonchev–Trinajstić information content (AvgIpc) is 1.78. The van der Waals surface area contributed by atoms with Gasteiger partial charge in [0.25, 0.3) is 23.6 Å². The van der Waals surface area contributed by atoms with E-state index in [2.05, 4.69) is 144 Å². The van der Waals surface area contributed by atoms with Crippen molar-refractivity contribution in [2.45, 2.75) is 39.8 Å². The highest BCUT2D eigenvalue weighted by atomic mass is 32.1. The molecule has 2 aromatic carbocycles. The summed E-state index contributed by atoms with van der Waals surface area (Å²) in [6.07, 6.45) is 0. The lowest BCUT2D eigenvalue weighted by Gasteiger charge is -2.36. The van der Waals surface area contributed by atoms with Gasteiger partial charge in [0.15, 0.2) is 0 Å². The molecule has 0 atom stereocenters. The number of rotatable bonds is 14. The quantitative estimate of drug-likeness (QED) is 0.102. The van der Waals surface area contributed by atoms with Crippen molar-refractivity contribution in [3.63, 3.8) is 0 Å². The third-order valence-electron chi connectivity index (χ3n) is 15.3. The van der Waals surface area contributed by atoms with Crippen molar-refractivity contribution < 1.29 is 19.2 Å². The first-order valence-electron chi connectivity index (χ1n) is 27.4. The molecule has 0 saturated carbocycles. The first-order valence-corrected chi connectivity index (χ1v) is 37.3. The molecule has 12 aromatic heterocycles. The van der Waals surface area contributed by atoms with Gasteiger partial charge in [-0.3, -0.25) is 29.0 Å². The number of hydrogen-bond acceptors (Lipinski definition) is 16. The minimum atomic E-state index is -0.463. The largest absolute Gasteiger partial charge is 0.272 e. The molecule has 0 unspecified atom stereocenters. The maximum absolute atomic E-state index is 15.1. The van der Waals surface area contributed by atoms with Gasteiger partial charge >= 0.3 is 0 Å². The van der Waals surface area contributed by atoms with Crippen LogP contribution in [0.25, 0.3) is 129 Å². The van der Waals surface area contributed by atoms with Crippen molar-refractivity contribution >= 4 is 170 Å². The van der Waals surface area contributed by atoms with Crippen LogP contribution in [0, 0.1) is 0 Å². The third-order valence-corrected chi connectivity index (χ3v) is 29.9. The Morgan fingerprint density at radius 1 is 0.256 bits per heavy atom. The second-order valence-electron chi connectivity index (χ2n) is 21.2. The van der Waals surface area contributed by atoms with Crippen molar-refractivity contribution in [2.24, 2.45) is 0 Å². The molecule has 2 aliphatic heterocycles. The van der Waals surface area contributed by atoms with E-state index >= 15 is 9.59 Å². The van der Waals surface area contributed by atoms with E-state index in [0.29, 0.717) is 44.2 Å². The third kappa shape index (κ3) is 9.21. The fraction of sp³-hybridized carbons (Fsp3) is 0.0882. The second kappa shape index (κ2) is 21.6. The maximum atomic E-state index is 15.1. The SMILES string of the molecule is CC(C)N1C(=O)c2cc(-c3ccc(-c4ccc(-c5ccc(-c6ccc(-c7ccc(-c8cccs8)s7)s6)s5)s4)s3)c3c4c(cc(-c5ccc(-c6ccc(-c7ccc(-c8ccc(-c9ccc(-c%10cccs%10)s9)s8)s7)s6)s5)c(c24)C1=O)C(=O)N(C(C)C)C3=O. The van der Waals surface area contributed by atoms with Crippen molar-refractivity contribution in [1.82, 2.24) is 9.80 Å². The predicted octanol–water partition coefficient (Wildman–Crippen LogP) is 23.6. The van der Waals surface area contributed by atoms with Gasteiger partial charge in [0.1, 0.15) is 0 Å². The molecule has 6 nitrogen and oxygen atoms in total. The molecule has 16 rings (SSSR count). The minimum Gasteiger partial charge on any atom is -0.272 e. The Balaban J connectivity index is 0.718. The summed E-state index contributed by atoms with van der Waals surface area (Å²) in [4.78, 5) is 88.5. The molecule has 0 saturated heterocycles. The number of carbonyl (C=O) groups is 4. The number of benzene rings is 2. The lowest BCUT2D eigenvalue weighted by atomic mass is 9.80. The first-order chi connectivity index (χ1) is 41.9. The first kappa shape index (κ1) is 54.7. The van der Waals surface area contributed by atoms with Crippen LogP contribution in [-0.2, 0) is 0 Å².